The van der Waals surface area contributed by atoms with Gasteiger partial charge in [0, 0.05) is 13.3 Å². The molecule has 0 saturated heterocycles. The van der Waals surface area contributed by atoms with Crippen LogP contribution in [0.2, 0.25) is 0 Å². The van der Waals surface area contributed by atoms with E-state index in [0.29, 0.717) is 13.3 Å². The molecule has 0 unspecified atom stereocenters. The molecule has 0 amide bonds. The third-order valence-electron chi connectivity index (χ3n) is 0. The summed E-state index contributed by atoms with van der Waals surface area (Å²) in [5, 5.41) is 0. The molecular weight excluding hydrogens is 236 g/mol. The van der Waals surface area contributed by atoms with E-state index in [4.69, 9.17) is 29.4 Å². The summed E-state index contributed by atoms with van der Waals surface area (Å²) in [6, 6.07) is 0. The Morgan fingerprint density at radius 1 is 0.583 bits per heavy atom. The van der Waals surface area contributed by atoms with Crippen molar-refractivity contribution in [1.29, 1.82) is 0 Å². The van der Waals surface area contributed by atoms with Gasteiger partial charge in [0.15, 0.2) is 0 Å². The minimum Gasteiger partial charge on any atom is -0.688 e. The van der Waals surface area contributed by atoms with Crippen LogP contribution in [0.4, 0.5) is 0 Å². The summed E-state index contributed by atoms with van der Waals surface area (Å²) < 4.78 is 0. The zero-order valence-electron chi connectivity index (χ0n) is 6.50. The van der Waals surface area contributed by atoms with Crippen LogP contribution in [-0.2, 0) is 0 Å². The molecule has 0 aromatic heterocycles. The molecule has 0 saturated carbocycles. The van der Waals surface area contributed by atoms with Crippen LogP contribution in [0.25, 0.3) is 0 Å². The predicted octanol–water partition coefficient (Wildman–Crippen LogP) is -5.84. The zero-order valence-corrected chi connectivity index (χ0v) is 10.6. The maximum atomic E-state index is 9.10. The minimum absolute atomic E-state index is 0. The summed E-state index contributed by atoms with van der Waals surface area (Å²) in [4.78, 5) is 54.6. The van der Waals surface area contributed by atoms with Gasteiger partial charge in [-0.1, -0.05) is 0 Å². The van der Waals surface area contributed by atoms with Crippen LogP contribution in [0.15, 0.2) is 0 Å². The van der Waals surface area contributed by atoms with Gasteiger partial charge in [-0.3, -0.25) is 0 Å². The first-order chi connectivity index (χ1) is 4.00. The summed E-state index contributed by atoms with van der Waals surface area (Å²) in [6.45, 7) is 1.26. The van der Waals surface area contributed by atoms with Gasteiger partial charge in [0.05, 0.1) is 0 Å². The van der Waals surface area contributed by atoms with Crippen molar-refractivity contribution in [2.24, 2.45) is 0 Å². The van der Waals surface area contributed by atoms with Gasteiger partial charge in [-0.15, -0.1) is 0 Å². The second-order valence-corrected chi connectivity index (χ2v) is 4.63. The van der Waals surface area contributed by atoms with Crippen molar-refractivity contribution in [3.05, 3.63) is 0 Å². The summed E-state index contributed by atoms with van der Waals surface area (Å²) in [5.41, 5.74) is 0. The van der Waals surface area contributed by atoms with Crippen LogP contribution < -0.4 is 29.4 Å². The van der Waals surface area contributed by atoms with Gasteiger partial charge < -0.3 is 29.4 Å². The van der Waals surface area contributed by atoms with E-state index >= 15 is 0 Å². The quantitative estimate of drug-likeness (QED) is 0.306. The molecule has 0 atom stereocenters. The van der Waals surface area contributed by atoms with Gasteiger partial charge in [-0.05, 0) is 0 Å². The largest absolute Gasteiger partial charge is 3.00 e. The monoisotopic (exact) mass is 242 g/mol. The molecule has 0 spiro atoms. The van der Waals surface area contributed by atoms with E-state index in [1.807, 2.05) is 0 Å². The van der Waals surface area contributed by atoms with Crippen LogP contribution in [0.1, 0.15) is 0 Å². The van der Waals surface area contributed by atoms with Gasteiger partial charge in [-0.2, -0.15) is 15.9 Å². The Balaban J connectivity index is -0.0000000457. The Bertz CT molecular complexity index is 64.5. The normalized spacial score (nSPS) is 10.0. The van der Waals surface area contributed by atoms with Crippen molar-refractivity contribution in [3.8, 4) is 0 Å². The van der Waals surface area contributed by atoms with Crippen molar-refractivity contribution in [2.75, 3.05) is 13.3 Å². The number of hydrogen-bond acceptors (Lipinski definition) is 6. The van der Waals surface area contributed by atoms with Gasteiger partial charge in [0.2, 0.25) is 0 Å². The summed E-state index contributed by atoms with van der Waals surface area (Å²) in [5.74, 6) is 0. The van der Waals surface area contributed by atoms with Gasteiger partial charge in [-0.25, -0.2) is 0 Å². The van der Waals surface area contributed by atoms with Crippen LogP contribution in [-0.4, -0.2) is 48.1 Å². The van der Waals surface area contributed by atoms with E-state index in [0.717, 1.165) is 0 Å². The maximum Gasteiger partial charge on any atom is 3.00 e. The third-order valence-corrected chi connectivity index (χ3v) is 0. The molecule has 0 N–H and O–H groups in total. The van der Waals surface area contributed by atoms with Crippen molar-refractivity contribution < 1.29 is 29.4 Å². The second-order valence-electron chi connectivity index (χ2n) is 1.54. The fourth-order valence-corrected chi connectivity index (χ4v) is 0. The second kappa shape index (κ2) is 9.25. The molecule has 0 rings (SSSR count). The first kappa shape index (κ1) is 23.5. The fourth-order valence-electron chi connectivity index (χ4n) is 0. The third kappa shape index (κ3) is 470. The van der Waals surface area contributed by atoms with E-state index in [-0.39, 0.29) is 34.7 Å². The molecule has 0 radical (unpaired) electrons. The van der Waals surface area contributed by atoms with Crippen molar-refractivity contribution >= 4 is 50.6 Å². The van der Waals surface area contributed by atoms with Crippen LogP contribution in [0, 0.1) is 0 Å². The van der Waals surface area contributed by atoms with E-state index in [9.17, 15) is 0 Å². The first-order valence-corrected chi connectivity index (χ1v) is 5.97. The molecule has 0 fully saturated rings. The molecule has 0 aromatic carbocycles. The standard InChI is InChI=1S/2CH5O3P.2Al/c2*1-5(2,3)4;;/h2*1H3,(H2,2,3,4);;/q;;2*+3/p-4. The van der Waals surface area contributed by atoms with Gasteiger partial charge >= 0.3 is 34.7 Å². The van der Waals surface area contributed by atoms with E-state index in [1.54, 1.807) is 0 Å². The van der Waals surface area contributed by atoms with Crippen LogP contribution >= 0.6 is 15.9 Å². The minimum atomic E-state index is -4.14. The summed E-state index contributed by atoms with van der Waals surface area (Å²) >= 11 is 0. The average Bonchev–Trinajstić information content (AvgIpc) is 1.12. The van der Waals surface area contributed by atoms with Gasteiger partial charge in [0.25, 0.3) is 0 Å². The maximum absolute atomic E-state index is 9.10. The zero-order chi connectivity index (χ0) is 9.00. The topological polar surface area (TPSA) is 138 Å². The molecule has 0 aliphatic heterocycles. The SMILES string of the molecule is C[P+]([O-])([O-])[O-].C[P+]([O-])([O-])[O-].[Al+3].[Al+3]. The number of hydrogen-bond donors (Lipinski definition) is 0. The number of rotatable bonds is 0. The molecule has 64 valence electrons. The molecule has 10 heteroatoms. The van der Waals surface area contributed by atoms with E-state index < -0.39 is 15.9 Å². The molecule has 0 aliphatic carbocycles. The Labute approximate surface area is 93.3 Å². The van der Waals surface area contributed by atoms with Crippen LogP contribution in [0.5, 0.6) is 0 Å². The molecule has 0 bridgehead atoms. The van der Waals surface area contributed by atoms with E-state index in [1.165, 1.54) is 0 Å². The average molecular weight is 242 g/mol. The molecule has 0 aliphatic rings. The molecule has 6 nitrogen and oxygen atoms in total. The molecular formula is C2H6Al2O6P2+2. The van der Waals surface area contributed by atoms with Gasteiger partial charge in [0.1, 0.15) is 0 Å². The van der Waals surface area contributed by atoms with E-state index in [2.05, 4.69) is 0 Å². The predicted molar refractivity (Wildman–Crippen MR) is 37.2 cm³/mol. The molecule has 12 heavy (non-hydrogen) atoms. The smallest absolute Gasteiger partial charge is 0.688 e. The Hall–Kier alpha value is 1.68. The summed E-state index contributed by atoms with van der Waals surface area (Å²) in [6.07, 6.45) is 0. The summed E-state index contributed by atoms with van der Waals surface area (Å²) in [7, 11) is -8.28. The van der Waals surface area contributed by atoms with Crippen LogP contribution in [0.3, 0.4) is 0 Å². The Morgan fingerprint density at radius 2 is 0.583 bits per heavy atom. The fraction of sp³-hybridized carbons (Fsp3) is 1.00. The van der Waals surface area contributed by atoms with Crippen molar-refractivity contribution in [2.45, 2.75) is 0 Å². The van der Waals surface area contributed by atoms with Crippen molar-refractivity contribution in [1.82, 2.24) is 0 Å². The molecule has 0 heterocycles. The Morgan fingerprint density at radius 3 is 0.583 bits per heavy atom. The Kier molecular flexibility index (Phi) is 18.1. The van der Waals surface area contributed by atoms with Crippen molar-refractivity contribution in [3.63, 3.8) is 0 Å². The molecule has 0 aromatic rings. The first-order valence-electron chi connectivity index (χ1n) is 1.99.